The maximum atomic E-state index is 13.2. The van der Waals surface area contributed by atoms with Gasteiger partial charge in [0.15, 0.2) is 46.7 Å². The Morgan fingerprint density at radius 3 is 1.08 bits per heavy atom. The van der Waals surface area contributed by atoms with Crippen LogP contribution in [-0.2, 0) is 6.42 Å². The highest BCUT2D eigenvalue weighted by Crippen LogP contribution is 2.64. The molecule has 9 rings (SSSR count). The zero-order chi connectivity index (χ0) is 50.2. The van der Waals surface area contributed by atoms with Crippen molar-refractivity contribution in [3.63, 3.8) is 0 Å². The van der Waals surface area contributed by atoms with Crippen LogP contribution >= 0.6 is 0 Å². The highest BCUT2D eigenvalue weighted by atomic mass is 16.5. The highest BCUT2D eigenvalue weighted by Gasteiger charge is 2.52. The van der Waals surface area contributed by atoms with Crippen LogP contribution in [0.1, 0.15) is 74.7 Å². The largest absolute Gasteiger partial charge is 0.497 e. The number of methoxy groups -OCH3 is 10. The van der Waals surface area contributed by atoms with Gasteiger partial charge in [0.05, 0.1) is 77.2 Å². The molecule has 0 fully saturated rings. The summed E-state index contributed by atoms with van der Waals surface area (Å²) in [6.07, 6.45) is -6.99. The van der Waals surface area contributed by atoms with E-state index in [0.717, 1.165) is 0 Å². The minimum atomic E-state index is -1.34. The predicted octanol–water partition coefficient (Wildman–Crippen LogP) is 8.06. The molecule has 3 aliphatic heterocycles. The summed E-state index contributed by atoms with van der Waals surface area (Å²) < 4.78 is 79.2. The van der Waals surface area contributed by atoms with E-state index in [1.54, 1.807) is 129 Å². The molecule has 0 saturated heterocycles. The van der Waals surface area contributed by atoms with E-state index in [4.69, 9.17) is 61.6 Å². The Morgan fingerprint density at radius 2 is 0.718 bits per heavy atom. The molecule has 0 spiro atoms. The molecular formula is C55H58O16. The summed E-state index contributed by atoms with van der Waals surface area (Å²) in [5.74, 6) is 3.44. The highest BCUT2D eigenvalue weighted by molar-refractivity contribution is 5.72. The zero-order valence-corrected chi connectivity index (χ0v) is 41.1. The number of fused-ring (bicyclic) bond motifs is 6. The summed E-state index contributed by atoms with van der Waals surface area (Å²) in [6.45, 7) is 0. The third-order valence-electron chi connectivity index (χ3n) is 13.7. The van der Waals surface area contributed by atoms with Crippen LogP contribution in [0.4, 0.5) is 0 Å². The number of ether oxygens (including phenoxy) is 13. The third-order valence-corrected chi connectivity index (χ3v) is 13.7. The van der Waals surface area contributed by atoms with Crippen LogP contribution in [0.3, 0.4) is 0 Å². The Bertz CT molecular complexity index is 2830. The van der Waals surface area contributed by atoms with E-state index >= 15 is 0 Å². The van der Waals surface area contributed by atoms with E-state index in [1.165, 1.54) is 21.3 Å². The molecular weight excluding hydrogens is 917 g/mol. The average Bonchev–Trinajstić information content (AvgIpc) is 3.41. The zero-order valence-electron chi connectivity index (χ0n) is 41.1. The van der Waals surface area contributed by atoms with E-state index in [2.05, 4.69) is 0 Å². The average molecular weight is 975 g/mol. The molecule has 6 aromatic rings. The van der Waals surface area contributed by atoms with Crippen LogP contribution in [0.25, 0.3) is 0 Å². The van der Waals surface area contributed by atoms with Gasteiger partial charge in [-0.1, -0.05) is 30.3 Å². The van der Waals surface area contributed by atoms with Crippen molar-refractivity contribution in [1.29, 1.82) is 0 Å². The summed E-state index contributed by atoms with van der Waals surface area (Å²) in [5, 5.41) is 38.8. The second-order valence-corrected chi connectivity index (χ2v) is 17.2. The predicted molar refractivity (Wildman–Crippen MR) is 260 cm³/mol. The van der Waals surface area contributed by atoms with Crippen LogP contribution in [-0.4, -0.2) is 105 Å². The number of rotatable bonds is 15. The molecule has 374 valence electrons. The van der Waals surface area contributed by atoms with E-state index in [-0.39, 0.29) is 12.2 Å². The molecule has 0 amide bonds. The lowest BCUT2D eigenvalue weighted by atomic mass is 9.72. The lowest BCUT2D eigenvalue weighted by molar-refractivity contribution is -0.0171. The molecule has 0 saturated carbocycles. The number of aliphatic hydroxyl groups excluding tert-OH is 3. The van der Waals surface area contributed by atoms with Gasteiger partial charge in [0.2, 0.25) is 0 Å². The van der Waals surface area contributed by atoms with Crippen molar-refractivity contribution in [2.75, 3.05) is 71.1 Å². The first-order valence-electron chi connectivity index (χ1n) is 22.9. The molecule has 8 atom stereocenters. The van der Waals surface area contributed by atoms with Gasteiger partial charge >= 0.3 is 0 Å². The topological polar surface area (TPSA) is 181 Å². The molecule has 3 heterocycles. The number of aliphatic hydroxyl groups is 3. The number of hydrogen-bond donors (Lipinski definition) is 3. The van der Waals surface area contributed by atoms with E-state index in [0.29, 0.717) is 114 Å². The molecule has 3 aliphatic rings. The van der Waals surface area contributed by atoms with Crippen LogP contribution in [0.5, 0.6) is 74.7 Å². The minimum absolute atomic E-state index is 0.00710. The van der Waals surface area contributed by atoms with Crippen molar-refractivity contribution in [2.24, 2.45) is 0 Å². The fourth-order valence-electron chi connectivity index (χ4n) is 10.3. The molecule has 16 nitrogen and oxygen atoms in total. The molecule has 0 aliphatic carbocycles. The van der Waals surface area contributed by atoms with E-state index < -0.39 is 48.5 Å². The first-order chi connectivity index (χ1) is 34.5. The van der Waals surface area contributed by atoms with Gasteiger partial charge < -0.3 is 76.9 Å². The Morgan fingerprint density at radius 1 is 0.366 bits per heavy atom. The smallest absolute Gasteiger partial charge is 0.161 e. The van der Waals surface area contributed by atoms with Crippen LogP contribution in [0.2, 0.25) is 0 Å². The lowest BCUT2D eigenvalue weighted by Crippen LogP contribution is -2.41. The van der Waals surface area contributed by atoms with Crippen molar-refractivity contribution in [3.8, 4) is 74.7 Å². The normalized spacial score (nSPS) is 21.9. The second kappa shape index (κ2) is 20.1. The van der Waals surface area contributed by atoms with Crippen molar-refractivity contribution in [1.82, 2.24) is 0 Å². The molecule has 3 N–H and O–H groups in total. The standard InChI is InChI=1S/C55H58O16/c1-59-30-14-16-32(39(24-30)64-6)44-46-53-34(26-35(56)50(69-53)27-11-18-36(61-3)41(21-27)66-8)54-47(55(46)71-52(49(44)58)29-13-20-38(63-5)43(23-29)68-10)45(33-17-15-31(60-2)25-40(33)65-7)48(57)51(70-54)28-12-19-37(62-4)42(22-28)67-9/h11-25,35,44-45,48-52,56-58H,26H2,1-10H3/t35-,44+,45+,48-,49-,50+,51-,52-/m0/s1. The molecule has 6 aromatic carbocycles. The summed E-state index contributed by atoms with van der Waals surface area (Å²) in [6, 6.07) is 26.7. The van der Waals surface area contributed by atoms with Crippen molar-refractivity contribution in [2.45, 2.75) is 54.9 Å². The fourth-order valence-corrected chi connectivity index (χ4v) is 10.3. The maximum absolute atomic E-state index is 13.2. The van der Waals surface area contributed by atoms with Gasteiger partial charge in [-0.05, 0) is 65.2 Å². The Kier molecular flexibility index (Phi) is 13.8. The van der Waals surface area contributed by atoms with Crippen LogP contribution < -0.4 is 61.6 Å². The molecule has 0 unspecified atom stereocenters. The van der Waals surface area contributed by atoms with Gasteiger partial charge in [0.25, 0.3) is 0 Å². The summed E-state index contributed by atoms with van der Waals surface area (Å²) >= 11 is 0. The first kappa shape index (κ1) is 48.6. The number of hydrogen-bond acceptors (Lipinski definition) is 16. The Balaban J connectivity index is 1.40. The Labute approximate surface area is 411 Å². The van der Waals surface area contributed by atoms with E-state index in [9.17, 15) is 15.3 Å². The summed E-state index contributed by atoms with van der Waals surface area (Å²) in [5.41, 5.74) is 4.13. The van der Waals surface area contributed by atoms with Crippen molar-refractivity contribution in [3.05, 3.63) is 136 Å². The summed E-state index contributed by atoms with van der Waals surface area (Å²) in [4.78, 5) is 0. The van der Waals surface area contributed by atoms with Gasteiger partial charge in [-0.3, -0.25) is 0 Å². The first-order valence-corrected chi connectivity index (χ1v) is 22.9. The van der Waals surface area contributed by atoms with Crippen LogP contribution in [0, 0.1) is 0 Å². The Hall–Kier alpha value is -7.40. The molecule has 0 bridgehead atoms. The number of benzene rings is 6. The SMILES string of the molecule is COc1ccc([C@@H]2c3c(c4c(c5c3O[C@@H](c3ccc(OC)c(OC)c3)[C@@H](O)[C@@H]5c3ccc(OC)cc3OC)O[C@H](c3ccc(OC)c(OC)c3)[C@@H](O)C4)O[C@@H](c3ccc(OC)c(OC)c3)[C@H]2O)c(OC)c1. The second-order valence-electron chi connectivity index (χ2n) is 17.2. The summed E-state index contributed by atoms with van der Waals surface area (Å²) in [7, 11) is 15.4. The molecule has 16 heteroatoms. The van der Waals surface area contributed by atoms with Gasteiger partial charge in [0.1, 0.15) is 58.6 Å². The van der Waals surface area contributed by atoms with Crippen molar-refractivity contribution >= 4 is 0 Å². The van der Waals surface area contributed by atoms with Gasteiger partial charge in [-0.2, -0.15) is 0 Å². The quantitative estimate of drug-likeness (QED) is 0.0898. The fraction of sp³-hybridized carbons (Fsp3) is 0.345. The molecule has 71 heavy (non-hydrogen) atoms. The molecule has 0 radical (unpaired) electrons. The van der Waals surface area contributed by atoms with Gasteiger partial charge in [0, 0.05) is 58.2 Å². The third kappa shape index (κ3) is 8.38. The monoisotopic (exact) mass is 974 g/mol. The van der Waals surface area contributed by atoms with E-state index in [1.807, 2.05) is 12.1 Å². The lowest BCUT2D eigenvalue weighted by Gasteiger charge is -2.46. The minimum Gasteiger partial charge on any atom is -0.497 e. The maximum Gasteiger partial charge on any atom is 0.161 e. The van der Waals surface area contributed by atoms with Gasteiger partial charge in [-0.25, -0.2) is 0 Å². The molecule has 0 aromatic heterocycles. The van der Waals surface area contributed by atoms with Crippen LogP contribution in [0.15, 0.2) is 91.0 Å². The van der Waals surface area contributed by atoms with Crippen molar-refractivity contribution < 1.29 is 76.9 Å². The van der Waals surface area contributed by atoms with Gasteiger partial charge in [-0.15, -0.1) is 0 Å².